The van der Waals surface area contributed by atoms with Crippen LogP contribution in [0.15, 0.2) is 40.1 Å². The highest BCUT2D eigenvalue weighted by Gasteiger charge is 2.01. The van der Waals surface area contributed by atoms with Crippen LogP contribution in [0, 0.1) is 0 Å². The molecule has 2 N–H and O–H groups in total. The van der Waals surface area contributed by atoms with Crippen LogP contribution in [0.2, 0.25) is 0 Å². The Kier molecular flexibility index (Phi) is 9.92. The average Bonchev–Trinajstić information content (AvgIpc) is 2.94. The van der Waals surface area contributed by atoms with Crippen LogP contribution in [0.5, 0.6) is 0 Å². The SMILES string of the molecule is CCNC(=NCc1ncnn1C)NCCCc1cccc(Br)c1.I. The smallest absolute Gasteiger partial charge is 0.191 e. The van der Waals surface area contributed by atoms with Gasteiger partial charge in [0, 0.05) is 24.6 Å². The fraction of sp³-hybridized carbons (Fsp3) is 0.438. The van der Waals surface area contributed by atoms with E-state index in [0.717, 1.165) is 42.2 Å². The van der Waals surface area contributed by atoms with Crippen LogP contribution in [-0.4, -0.2) is 33.8 Å². The van der Waals surface area contributed by atoms with Crippen molar-refractivity contribution in [2.45, 2.75) is 26.3 Å². The van der Waals surface area contributed by atoms with Crippen LogP contribution in [-0.2, 0) is 20.0 Å². The molecule has 0 aliphatic heterocycles. The summed E-state index contributed by atoms with van der Waals surface area (Å²) in [6.07, 6.45) is 3.63. The van der Waals surface area contributed by atoms with Crippen LogP contribution >= 0.6 is 39.9 Å². The zero-order chi connectivity index (χ0) is 16.5. The summed E-state index contributed by atoms with van der Waals surface area (Å²) < 4.78 is 2.86. The third kappa shape index (κ3) is 7.16. The number of aryl methyl sites for hydroxylation is 2. The van der Waals surface area contributed by atoms with Crippen molar-refractivity contribution in [3.63, 3.8) is 0 Å². The molecule has 2 rings (SSSR count). The molecule has 6 nitrogen and oxygen atoms in total. The number of hydrogen-bond donors (Lipinski definition) is 2. The second-order valence-electron chi connectivity index (χ2n) is 5.16. The van der Waals surface area contributed by atoms with E-state index in [2.05, 4.69) is 66.8 Å². The first-order valence-electron chi connectivity index (χ1n) is 7.78. The Morgan fingerprint density at radius 2 is 2.17 bits per heavy atom. The third-order valence-corrected chi connectivity index (χ3v) is 3.84. The van der Waals surface area contributed by atoms with Gasteiger partial charge in [-0.05, 0) is 37.5 Å². The lowest BCUT2D eigenvalue weighted by molar-refractivity contribution is 0.694. The van der Waals surface area contributed by atoms with Crippen molar-refractivity contribution in [1.29, 1.82) is 0 Å². The van der Waals surface area contributed by atoms with Gasteiger partial charge in [-0.2, -0.15) is 5.10 Å². The summed E-state index contributed by atoms with van der Waals surface area (Å²) in [6.45, 7) is 4.27. The van der Waals surface area contributed by atoms with Gasteiger partial charge in [0.1, 0.15) is 18.7 Å². The summed E-state index contributed by atoms with van der Waals surface area (Å²) in [5.74, 6) is 1.65. The minimum absolute atomic E-state index is 0. The van der Waals surface area contributed by atoms with Gasteiger partial charge in [-0.25, -0.2) is 9.98 Å². The molecule has 8 heteroatoms. The van der Waals surface area contributed by atoms with E-state index in [1.165, 1.54) is 5.56 Å². The standard InChI is InChI=1S/C16H23BrN6.HI/c1-3-18-16(20-11-15-21-12-22-23(15)2)19-9-5-7-13-6-4-8-14(17)10-13;/h4,6,8,10,12H,3,5,7,9,11H2,1-2H3,(H2,18,19,20);1H. The van der Waals surface area contributed by atoms with Crippen LogP contribution in [0.25, 0.3) is 0 Å². The maximum atomic E-state index is 4.54. The van der Waals surface area contributed by atoms with E-state index >= 15 is 0 Å². The molecular weight excluding hydrogens is 483 g/mol. The number of rotatable bonds is 7. The summed E-state index contributed by atoms with van der Waals surface area (Å²) in [4.78, 5) is 8.72. The van der Waals surface area contributed by atoms with Gasteiger partial charge in [-0.3, -0.25) is 4.68 Å². The van der Waals surface area contributed by atoms with Crippen LogP contribution in [0.4, 0.5) is 0 Å². The molecule has 0 unspecified atom stereocenters. The Balaban J connectivity index is 0.00000288. The minimum atomic E-state index is 0. The van der Waals surface area contributed by atoms with Gasteiger partial charge in [0.05, 0.1) is 0 Å². The zero-order valence-electron chi connectivity index (χ0n) is 14.0. The number of aromatic nitrogens is 3. The van der Waals surface area contributed by atoms with Gasteiger partial charge in [0.15, 0.2) is 5.96 Å². The van der Waals surface area contributed by atoms with E-state index in [1.54, 1.807) is 11.0 Å². The van der Waals surface area contributed by atoms with Crippen molar-refractivity contribution in [2.75, 3.05) is 13.1 Å². The van der Waals surface area contributed by atoms with E-state index in [0.29, 0.717) is 6.54 Å². The molecule has 0 fully saturated rings. The molecule has 0 amide bonds. The second-order valence-corrected chi connectivity index (χ2v) is 6.07. The third-order valence-electron chi connectivity index (χ3n) is 3.35. The molecule has 0 bridgehead atoms. The van der Waals surface area contributed by atoms with Crippen molar-refractivity contribution in [3.8, 4) is 0 Å². The maximum absolute atomic E-state index is 4.54. The molecule has 1 aromatic carbocycles. The zero-order valence-corrected chi connectivity index (χ0v) is 17.9. The highest BCUT2D eigenvalue weighted by molar-refractivity contribution is 14.0. The molecule has 0 saturated carbocycles. The number of halogens is 2. The van der Waals surface area contributed by atoms with E-state index in [1.807, 2.05) is 13.1 Å². The van der Waals surface area contributed by atoms with Crippen molar-refractivity contribution >= 4 is 45.9 Å². The molecule has 24 heavy (non-hydrogen) atoms. The summed E-state index contributed by atoms with van der Waals surface area (Å²) >= 11 is 3.50. The first kappa shape index (κ1) is 20.9. The van der Waals surface area contributed by atoms with E-state index in [4.69, 9.17) is 0 Å². The monoisotopic (exact) mass is 506 g/mol. The average molecular weight is 507 g/mol. The number of nitrogens with one attached hydrogen (secondary N) is 2. The van der Waals surface area contributed by atoms with Crippen molar-refractivity contribution in [1.82, 2.24) is 25.4 Å². The van der Waals surface area contributed by atoms with E-state index < -0.39 is 0 Å². The minimum Gasteiger partial charge on any atom is -0.357 e. The van der Waals surface area contributed by atoms with Crippen molar-refractivity contribution < 1.29 is 0 Å². The predicted molar refractivity (Wildman–Crippen MR) is 112 cm³/mol. The summed E-state index contributed by atoms with van der Waals surface area (Å²) in [6, 6.07) is 8.43. The number of hydrogen-bond acceptors (Lipinski definition) is 3. The Hall–Kier alpha value is -1.16. The first-order valence-corrected chi connectivity index (χ1v) is 8.58. The quantitative estimate of drug-likeness (QED) is 0.262. The Morgan fingerprint density at radius 1 is 1.33 bits per heavy atom. The number of guanidine groups is 1. The largest absolute Gasteiger partial charge is 0.357 e. The van der Waals surface area contributed by atoms with Gasteiger partial charge in [-0.15, -0.1) is 24.0 Å². The first-order chi connectivity index (χ1) is 11.2. The Labute approximate surface area is 168 Å². The summed E-state index contributed by atoms with van der Waals surface area (Å²) in [5, 5.41) is 10.7. The van der Waals surface area contributed by atoms with Crippen molar-refractivity contribution in [2.24, 2.45) is 12.0 Å². The number of aliphatic imine (C=N–C) groups is 1. The second kappa shape index (κ2) is 11.4. The van der Waals surface area contributed by atoms with Gasteiger partial charge in [-0.1, -0.05) is 28.1 Å². The van der Waals surface area contributed by atoms with Crippen LogP contribution in [0.1, 0.15) is 24.7 Å². The van der Waals surface area contributed by atoms with Gasteiger partial charge in [0.2, 0.25) is 0 Å². The van der Waals surface area contributed by atoms with Gasteiger partial charge < -0.3 is 10.6 Å². The lowest BCUT2D eigenvalue weighted by atomic mass is 10.1. The van der Waals surface area contributed by atoms with Crippen LogP contribution < -0.4 is 10.6 Å². The highest BCUT2D eigenvalue weighted by Crippen LogP contribution is 2.12. The fourth-order valence-electron chi connectivity index (χ4n) is 2.15. The molecule has 132 valence electrons. The molecule has 1 aromatic heterocycles. The molecule has 0 aliphatic carbocycles. The maximum Gasteiger partial charge on any atom is 0.191 e. The van der Waals surface area contributed by atoms with Crippen LogP contribution in [0.3, 0.4) is 0 Å². The summed E-state index contributed by atoms with van der Waals surface area (Å²) in [5.41, 5.74) is 1.34. The lowest BCUT2D eigenvalue weighted by Crippen LogP contribution is -2.38. The molecule has 0 spiro atoms. The fourth-order valence-corrected chi connectivity index (χ4v) is 2.59. The van der Waals surface area contributed by atoms with Gasteiger partial charge in [0.25, 0.3) is 0 Å². The molecule has 0 saturated heterocycles. The molecule has 2 aromatic rings. The number of nitrogens with zero attached hydrogens (tertiary/aromatic N) is 4. The highest BCUT2D eigenvalue weighted by atomic mass is 127. The lowest BCUT2D eigenvalue weighted by Gasteiger charge is -2.11. The molecule has 1 heterocycles. The van der Waals surface area contributed by atoms with Gasteiger partial charge >= 0.3 is 0 Å². The summed E-state index contributed by atoms with van der Waals surface area (Å²) in [7, 11) is 1.87. The Bertz CT molecular complexity index is 643. The number of benzene rings is 1. The topological polar surface area (TPSA) is 67.1 Å². The molecular formula is C16H24BrIN6. The predicted octanol–water partition coefficient (Wildman–Crippen LogP) is 2.88. The normalized spacial score (nSPS) is 11.0. The van der Waals surface area contributed by atoms with Crippen molar-refractivity contribution in [3.05, 3.63) is 46.5 Å². The Morgan fingerprint density at radius 3 is 2.83 bits per heavy atom. The molecule has 0 radical (unpaired) electrons. The molecule has 0 atom stereocenters. The molecule has 0 aliphatic rings. The van der Waals surface area contributed by atoms with E-state index in [-0.39, 0.29) is 24.0 Å². The van der Waals surface area contributed by atoms with E-state index in [9.17, 15) is 0 Å².